The summed E-state index contributed by atoms with van der Waals surface area (Å²) in [6, 6.07) is 7.68. The molecule has 0 spiro atoms. The number of aryl methyl sites for hydroxylation is 1. The van der Waals surface area contributed by atoms with Crippen LogP contribution < -0.4 is 4.74 Å². The van der Waals surface area contributed by atoms with E-state index in [4.69, 9.17) is 9.94 Å². The Hall–Kier alpha value is -1.58. The minimum Gasteiger partial charge on any atom is -0.486 e. The van der Waals surface area contributed by atoms with E-state index in [1.54, 1.807) is 13.8 Å². The summed E-state index contributed by atoms with van der Waals surface area (Å²) in [5, 5.41) is 8.88. The molecule has 0 amide bonds. The van der Waals surface area contributed by atoms with E-state index in [0.717, 1.165) is 17.7 Å². The van der Waals surface area contributed by atoms with Crippen molar-refractivity contribution in [1.29, 1.82) is 0 Å². The first-order valence-electron chi connectivity index (χ1n) is 5.34. The maximum Gasteiger partial charge on any atom is 0.293 e. The van der Waals surface area contributed by atoms with Crippen molar-refractivity contribution in [2.45, 2.75) is 32.7 Å². The molecule has 0 aromatic heterocycles. The van der Waals surface area contributed by atoms with Gasteiger partial charge in [-0.2, -0.15) is 0 Å². The summed E-state index contributed by atoms with van der Waals surface area (Å²) >= 11 is 0. The van der Waals surface area contributed by atoms with E-state index in [9.17, 15) is 4.91 Å². The summed E-state index contributed by atoms with van der Waals surface area (Å²) in [4.78, 5) is 10.8. The van der Waals surface area contributed by atoms with Crippen LogP contribution in [0, 0.1) is 4.91 Å². The third kappa shape index (κ3) is 2.95. The van der Waals surface area contributed by atoms with Crippen molar-refractivity contribution in [2.24, 2.45) is 0 Å². The lowest BCUT2D eigenvalue weighted by Crippen LogP contribution is -2.38. The van der Waals surface area contributed by atoms with E-state index in [2.05, 4.69) is 0 Å². The van der Waals surface area contributed by atoms with Crippen molar-refractivity contribution < 1.29 is 14.9 Å². The van der Waals surface area contributed by atoms with Gasteiger partial charge in [0.25, 0.3) is 5.54 Å². The normalized spacial score (nSPS) is 11.2. The fraction of sp³-hybridized carbons (Fsp3) is 0.500. The van der Waals surface area contributed by atoms with E-state index in [-0.39, 0.29) is 11.5 Å². The number of hydrogen-bond donors (Lipinski definition) is 1. The largest absolute Gasteiger partial charge is 0.486 e. The molecule has 0 aliphatic carbocycles. The predicted molar refractivity (Wildman–Crippen MR) is 60.8 cm³/mol. The van der Waals surface area contributed by atoms with Gasteiger partial charge in [0.2, 0.25) is 4.92 Å². The van der Waals surface area contributed by atoms with Crippen molar-refractivity contribution in [3.8, 4) is 5.75 Å². The first kappa shape index (κ1) is 12.5. The average Bonchev–Trinajstić information content (AvgIpc) is 2.26. The number of nitrogens with zero attached hydrogens (tertiary/aromatic N) is 1. The minimum absolute atomic E-state index is 0.0679. The quantitative estimate of drug-likeness (QED) is 0.782. The molecule has 0 fully saturated rings. The molecule has 0 saturated heterocycles. The second-order valence-electron chi connectivity index (χ2n) is 4.34. The lowest BCUT2D eigenvalue weighted by Gasteiger charge is -2.14. The van der Waals surface area contributed by atoms with Crippen LogP contribution in [0.3, 0.4) is 0 Å². The van der Waals surface area contributed by atoms with E-state index in [1.807, 2.05) is 31.2 Å². The lowest BCUT2D eigenvalue weighted by atomic mass is 10.1. The molecule has 0 unspecified atom stereocenters. The molecule has 1 rings (SSSR count). The van der Waals surface area contributed by atoms with E-state index in [0.29, 0.717) is 0 Å². The monoisotopic (exact) mass is 224 g/mol. The summed E-state index contributed by atoms with van der Waals surface area (Å²) in [7, 11) is 0. The lowest BCUT2D eigenvalue weighted by molar-refractivity contribution is -0.838. The van der Waals surface area contributed by atoms with Crippen molar-refractivity contribution >= 4 is 0 Å². The van der Waals surface area contributed by atoms with Gasteiger partial charge in [-0.15, -0.1) is 0 Å². The summed E-state index contributed by atoms with van der Waals surface area (Å²) < 4.78 is 5.55. The van der Waals surface area contributed by atoms with E-state index in [1.165, 1.54) is 0 Å². The highest BCUT2D eigenvalue weighted by Crippen LogP contribution is 2.20. The van der Waals surface area contributed by atoms with Gasteiger partial charge >= 0.3 is 0 Å². The first-order chi connectivity index (χ1) is 7.47. The van der Waals surface area contributed by atoms with Crippen molar-refractivity contribution in [1.82, 2.24) is 0 Å². The standard InChI is InChI=1S/C12H18NO3/c1-4-10-7-5-6-8-11(10)16-9-12(2,3)13(14)15/h5-8H,4,9H2,1-3H3,(H,14,15)/q+1. The molecule has 88 valence electrons. The van der Waals surface area contributed by atoms with Crippen LogP contribution in [0.4, 0.5) is 0 Å². The minimum atomic E-state index is -0.944. The molecule has 4 heteroatoms. The molecule has 1 N–H and O–H groups in total. The molecule has 0 aliphatic rings. The molecule has 1 aromatic carbocycles. The van der Waals surface area contributed by atoms with Crippen molar-refractivity contribution in [3.63, 3.8) is 0 Å². The molecule has 4 nitrogen and oxygen atoms in total. The van der Waals surface area contributed by atoms with Gasteiger partial charge in [-0.3, -0.25) is 0 Å². The van der Waals surface area contributed by atoms with Gasteiger partial charge in [-0.1, -0.05) is 25.1 Å². The molecule has 16 heavy (non-hydrogen) atoms. The van der Waals surface area contributed by atoms with Crippen LogP contribution in [0.2, 0.25) is 0 Å². The molecule has 0 heterocycles. The Balaban J connectivity index is 2.71. The second-order valence-corrected chi connectivity index (χ2v) is 4.34. The topological polar surface area (TPSA) is 49.5 Å². The Kier molecular flexibility index (Phi) is 3.88. The first-order valence-corrected chi connectivity index (χ1v) is 5.34. The van der Waals surface area contributed by atoms with Gasteiger partial charge in [0, 0.05) is 13.8 Å². The Bertz CT molecular complexity index is 374. The summed E-state index contributed by atoms with van der Waals surface area (Å²) in [6.45, 7) is 5.42. The Morgan fingerprint density at radius 3 is 2.56 bits per heavy atom. The maximum atomic E-state index is 10.8. The number of benzene rings is 1. The number of hydrogen-bond acceptors (Lipinski definition) is 2. The highest BCUT2D eigenvalue weighted by atomic mass is 16.6. The molecular formula is C12H18NO3+. The highest BCUT2D eigenvalue weighted by Gasteiger charge is 2.37. The molecule has 0 aliphatic heterocycles. The summed E-state index contributed by atoms with van der Waals surface area (Å²) in [5.74, 6) is 0.764. The highest BCUT2D eigenvalue weighted by molar-refractivity contribution is 5.33. The fourth-order valence-corrected chi connectivity index (χ4v) is 1.25. The molecular weight excluding hydrogens is 206 g/mol. The van der Waals surface area contributed by atoms with Crippen LogP contribution in [0.15, 0.2) is 24.3 Å². The third-order valence-electron chi connectivity index (χ3n) is 2.45. The summed E-state index contributed by atoms with van der Waals surface area (Å²) in [6.07, 6.45) is 0.872. The molecule has 0 saturated carbocycles. The fourth-order valence-electron chi connectivity index (χ4n) is 1.25. The molecule has 0 radical (unpaired) electrons. The smallest absolute Gasteiger partial charge is 0.293 e. The molecule has 0 bridgehead atoms. The number of para-hydroxylation sites is 1. The predicted octanol–water partition coefficient (Wildman–Crippen LogP) is 2.57. The summed E-state index contributed by atoms with van der Waals surface area (Å²) in [5.41, 5.74) is 0.148. The van der Waals surface area contributed by atoms with Crippen LogP contribution in [0.5, 0.6) is 5.75 Å². The van der Waals surface area contributed by atoms with Gasteiger partial charge in [0.1, 0.15) is 5.75 Å². The maximum absolute atomic E-state index is 10.8. The Morgan fingerprint density at radius 1 is 1.38 bits per heavy atom. The van der Waals surface area contributed by atoms with Crippen LogP contribution in [-0.2, 0) is 6.42 Å². The zero-order valence-corrected chi connectivity index (χ0v) is 9.93. The Morgan fingerprint density at radius 2 is 2.00 bits per heavy atom. The second kappa shape index (κ2) is 4.96. The van der Waals surface area contributed by atoms with Gasteiger partial charge in [-0.25, -0.2) is 5.21 Å². The van der Waals surface area contributed by atoms with Crippen LogP contribution in [-0.4, -0.2) is 22.3 Å². The van der Waals surface area contributed by atoms with Crippen molar-refractivity contribution in [2.75, 3.05) is 6.61 Å². The zero-order chi connectivity index (χ0) is 12.2. The van der Waals surface area contributed by atoms with Crippen LogP contribution in [0.1, 0.15) is 26.3 Å². The molecule has 0 atom stereocenters. The number of rotatable bonds is 5. The van der Waals surface area contributed by atoms with Gasteiger partial charge in [0.15, 0.2) is 6.61 Å². The van der Waals surface area contributed by atoms with E-state index < -0.39 is 5.54 Å². The Labute approximate surface area is 95.4 Å². The van der Waals surface area contributed by atoms with Crippen LogP contribution in [0.25, 0.3) is 0 Å². The average molecular weight is 224 g/mol. The number of ether oxygens (including phenoxy) is 1. The third-order valence-corrected chi connectivity index (χ3v) is 2.45. The van der Waals surface area contributed by atoms with Gasteiger partial charge in [0.05, 0.1) is 4.91 Å². The van der Waals surface area contributed by atoms with E-state index >= 15 is 0 Å². The zero-order valence-electron chi connectivity index (χ0n) is 9.93. The molecule has 1 aromatic rings. The van der Waals surface area contributed by atoms with Gasteiger partial charge in [-0.05, 0) is 18.1 Å². The SMILES string of the molecule is CCc1ccccc1OCC(C)(C)[N+](=O)O. The van der Waals surface area contributed by atoms with Gasteiger partial charge < -0.3 is 4.74 Å². The van der Waals surface area contributed by atoms with Crippen LogP contribution >= 0.6 is 0 Å². The van der Waals surface area contributed by atoms with Crippen molar-refractivity contribution in [3.05, 3.63) is 34.7 Å².